The number of hydrogen-bond acceptors (Lipinski definition) is 4. The van der Waals surface area contributed by atoms with Gasteiger partial charge in [-0.05, 0) is 12.5 Å². The van der Waals surface area contributed by atoms with E-state index in [2.05, 4.69) is 17.3 Å². The minimum atomic E-state index is -0.248. The number of hydrogen-bond donors (Lipinski definition) is 1. The molecule has 0 fully saturated rings. The third-order valence-corrected chi connectivity index (χ3v) is 2.67. The van der Waals surface area contributed by atoms with Crippen molar-refractivity contribution in [2.75, 3.05) is 20.3 Å². The van der Waals surface area contributed by atoms with Crippen LogP contribution in [0, 0.1) is 0 Å². The molecule has 1 aromatic rings. The van der Waals surface area contributed by atoms with E-state index < -0.39 is 0 Å². The van der Waals surface area contributed by atoms with E-state index in [1.807, 2.05) is 0 Å². The molecule has 6 nitrogen and oxygen atoms in total. The van der Waals surface area contributed by atoms with Crippen LogP contribution in [0.5, 0.6) is 0 Å². The Morgan fingerprint density at radius 3 is 2.89 bits per heavy atom. The highest BCUT2D eigenvalue weighted by molar-refractivity contribution is 5.91. The molecule has 0 unspecified atom stereocenters. The summed E-state index contributed by atoms with van der Waals surface area (Å²) in [5.41, 5.74) is 0.0202. The van der Waals surface area contributed by atoms with Crippen LogP contribution in [0.15, 0.2) is 16.9 Å². The van der Waals surface area contributed by atoms with Crippen molar-refractivity contribution in [3.8, 4) is 0 Å². The highest BCUT2D eigenvalue weighted by Gasteiger charge is 2.08. The van der Waals surface area contributed by atoms with Crippen LogP contribution in [-0.4, -0.2) is 35.9 Å². The molecule has 0 atom stereocenters. The van der Waals surface area contributed by atoms with Gasteiger partial charge in [-0.2, -0.15) is 5.10 Å². The minimum absolute atomic E-state index is 0.236. The maximum atomic E-state index is 11.8. The standard InChI is InChI=1S/C13H21N3O3/c1-3-4-5-8-14-13(18)11-6-7-12(17)16(15-11)9-10-19-2/h6-7H,3-5,8-10H2,1-2H3,(H,14,18). The van der Waals surface area contributed by atoms with Crippen LogP contribution in [0.4, 0.5) is 0 Å². The summed E-state index contributed by atoms with van der Waals surface area (Å²) in [4.78, 5) is 23.3. The average Bonchev–Trinajstić information content (AvgIpc) is 2.42. The molecule has 19 heavy (non-hydrogen) atoms. The maximum absolute atomic E-state index is 11.8. The van der Waals surface area contributed by atoms with Crippen LogP contribution in [0.2, 0.25) is 0 Å². The highest BCUT2D eigenvalue weighted by Crippen LogP contribution is 1.94. The van der Waals surface area contributed by atoms with Crippen LogP contribution in [0.25, 0.3) is 0 Å². The number of nitrogens with zero attached hydrogens (tertiary/aromatic N) is 2. The minimum Gasteiger partial charge on any atom is -0.383 e. The normalized spacial score (nSPS) is 10.4. The lowest BCUT2D eigenvalue weighted by atomic mass is 10.2. The number of carbonyl (C=O) groups is 1. The molecule has 0 aliphatic heterocycles. The van der Waals surface area contributed by atoms with Gasteiger partial charge in [0.25, 0.3) is 11.5 Å². The topological polar surface area (TPSA) is 73.2 Å². The van der Waals surface area contributed by atoms with E-state index in [0.29, 0.717) is 19.7 Å². The third kappa shape index (κ3) is 5.21. The van der Waals surface area contributed by atoms with E-state index in [0.717, 1.165) is 19.3 Å². The Balaban J connectivity index is 2.61. The molecule has 1 aromatic heterocycles. The van der Waals surface area contributed by atoms with Crippen molar-refractivity contribution in [2.45, 2.75) is 32.7 Å². The van der Waals surface area contributed by atoms with E-state index >= 15 is 0 Å². The summed E-state index contributed by atoms with van der Waals surface area (Å²) in [5.74, 6) is -0.248. The molecule has 106 valence electrons. The van der Waals surface area contributed by atoms with Crippen molar-refractivity contribution >= 4 is 5.91 Å². The Hall–Kier alpha value is -1.69. The molecule has 1 N–H and O–H groups in total. The molecule has 0 bridgehead atoms. The summed E-state index contributed by atoms with van der Waals surface area (Å²) in [6.45, 7) is 3.46. The van der Waals surface area contributed by atoms with E-state index in [4.69, 9.17) is 4.74 Å². The lowest BCUT2D eigenvalue weighted by molar-refractivity contribution is 0.0944. The molecule has 1 amide bonds. The summed E-state index contributed by atoms with van der Waals surface area (Å²) in [5, 5.41) is 6.81. The Labute approximate surface area is 112 Å². The molecule has 0 radical (unpaired) electrons. The van der Waals surface area contributed by atoms with Gasteiger partial charge in [0.15, 0.2) is 0 Å². The SMILES string of the molecule is CCCCCNC(=O)c1ccc(=O)n(CCOC)n1. The predicted octanol–water partition coefficient (Wildman–Crippen LogP) is 0.810. The lowest BCUT2D eigenvalue weighted by Crippen LogP contribution is -2.30. The Morgan fingerprint density at radius 2 is 2.21 bits per heavy atom. The van der Waals surface area contributed by atoms with Crippen LogP contribution < -0.4 is 10.9 Å². The quantitative estimate of drug-likeness (QED) is 0.707. The molecule has 0 spiro atoms. The van der Waals surface area contributed by atoms with E-state index in [9.17, 15) is 9.59 Å². The fourth-order valence-electron chi connectivity index (χ4n) is 1.58. The molecular weight excluding hydrogens is 246 g/mol. The molecule has 0 aromatic carbocycles. The smallest absolute Gasteiger partial charge is 0.271 e. The molecule has 1 rings (SSSR count). The number of nitrogens with one attached hydrogen (secondary N) is 1. The van der Waals surface area contributed by atoms with Crippen LogP contribution in [-0.2, 0) is 11.3 Å². The number of carbonyl (C=O) groups excluding carboxylic acids is 1. The van der Waals surface area contributed by atoms with Gasteiger partial charge in [-0.15, -0.1) is 0 Å². The summed E-state index contributed by atoms with van der Waals surface area (Å²) in [7, 11) is 1.55. The number of amides is 1. The Kier molecular flexibility index (Phi) is 6.81. The van der Waals surface area contributed by atoms with Crippen molar-refractivity contribution in [3.05, 3.63) is 28.2 Å². The van der Waals surface area contributed by atoms with Gasteiger partial charge < -0.3 is 10.1 Å². The first-order chi connectivity index (χ1) is 9.19. The molecule has 1 heterocycles. The largest absolute Gasteiger partial charge is 0.383 e. The Morgan fingerprint density at radius 1 is 1.42 bits per heavy atom. The first kappa shape index (κ1) is 15.4. The number of unbranched alkanes of at least 4 members (excludes halogenated alkanes) is 2. The maximum Gasteiger partial charge on any atom is 0.271 e. The molecular formula is C13H21N3O3. The summed E-state index contributed by atoms with van der Waals surface area (Å²) in [6.07, 6.45) is 3.14. The van der Waals surface area contributed by atoms with E-state index in [-0.39, 0.29) is 17.2 Å². The van der Waals surface area contributed by atoms with Gasteiger partial charge in [-0.25, -0.2) is 4.68 Å². The zero-order valence-corrected chi connectivity index (χ0v) is 11.5. The second kappa shape index (κ2) is 8.42. The van der Waals surface area contributed by atoms with E-state index in [1.165, 1.54) is 16.8 Å². The first-order valence-electron chi connectivity index (χ1n) is 6.54. The van der Waals surface area contributed by atoms with Crippen molar-refractivity contribution in [2.24, 2.45) is 0 Å². The fourth-order valence-corrected chi connectivity index (χ4v) is 1.58. The van der Waals surface area contributed by atoms with Gasteiger partial charge in [0, 0.05) is 19.7 Å². The summed E-state index contributed by atoms with van der Waals surface area (Å²) < 4.78 is 6.13. The van der Waals surface area contributed by atoms with Gasteiger partial charge in [0.1, 0.15) is 5.69 Å². The van der Waals surface area contributed by atoms with E-state index in [1.54, 1.807) is 7.11 Å². The molecule has 6 heteroatoms. The third-order valence-electron chi connectivity index (χ3n) is 2.67. The average molecular weight is 267 g/mol. The van der Waals surface area contributed by atoms with Crippen molar-refractivity contribution in [1.82, 2.24) is 15.1 Å². The number of rotatable bonds is 8. The van der Waals surface area contributed by atoms with Crippen molar-refractivity contribution in [1.29, 1.82) is 0 Å². The predicted molar refractivity (Wildman–Crippen MR) is 72.2 cm³/mol. The zero-order valence-electron chi connectivity index (χ0n) is 11.5. The van der Waals surface area contributed by atoms with Crippen molar-refractivity contribution in [3.63, 3.8) is 0 Å². The van der Waals surface area contributed by atoms with Gasteiger partial charge in [0.05, 0.1) is 13.2 Å². The van der Waals surface area contributed by atoms with Crippen LogP contribution in [0.3, 0.4) is 0 Å². The number of aromatic nitrogens is 2. The summed E-state index contributed by atoms with van der Waals surface area (Å²) >= 11 is 0. The highest BCUT2D eigenvalue weighted by atomic mass is 16.5. The van der Waals surface area contributed by atoms with Gasteiger partial charge in [-0.3, -0.25) is 9.59 Å². The zero-order chi connectivity index (χ0) is 14.1. The van der Waals surface area contributed by atoms with Gasteiger partial charge >= 0.3 is 0 Å². The van der Waals surface area contributed by atoms with Crippen LogP contribution in [0.1, 0.15) is 36.7 Å². The van der Waals surface area contributed by atoms with Crippen LogP contribution >= 0.6 is 0 Å². The number of ether oxygens (including phenoxy) is 1. The fraction of sp³-hybridized carbons (Fsp3) is 0.615. The Bertz CT molecular complexity index is 457. The molecule has 0 saturated heterocycles. The second-order valence-corrected chi connectivity index (χ2v) is 4.24. The van der Waals surface area contributed by atoms with Gasteiger partial charge in [0.2, 0.25) is 0 Å². The molecule has 0 aliphatic rings. The molecule has 0 aliphatic carbocycles. The number of methoxy groups -OCH3 is 1. The lowest BCUT2D eigenvalue weighted by Gasteiger charge is -2.07. The van der Waals surface area contributed by atoms with Crippen molar-refractivity contribution < 1.29 is 9.53 Å². The van der Waals surface area contributed by atoms with Gasteiger partial charge in [-0.1, -0.05) is 19.8 Å². The summed E-state index contributed by atoms with van der Waals surface area (Å²) in [6, 6.07) is 2.80. The first-order valence-corrected chi connectivity index (χ1v) is 6.54. The molecule has 0 saturated carbocycles. The second-order valence-electron chi connectivity index (χ2n) is 4.24. The monoisotopic (exact) mass is 267 g/mol.